The van der Waals surface area contributed by atoms with E-state index >= 15 is 0 Å². The molecule has 3 heteroatoms. The van der Waals surface area contributed by atoms with E-state index in [0.29, 0.717) is 0 Å². The second-order valence-corrected chi connectivity index (χ2v) is 10.4. The van der Waals surface area contributed by atoms with Gasteiger partial charge in [-0.1, -0.05) is 71.8 Å². The molecule has 2 aliphatic rings. The van der Waals surface area contributed by atoms with Crippen LogP contribution in [-0.2, 0) is 0 Å². The Morgan fingerprint density at radius 1 is 0.556 bits per heavy atom. The van der Waals surface area contributed by atoms with Gasteiger partial charge in [0, 0.05) is 39.0 Å². The Morgan fingerprint density at radius 2 is 1.25 bits per heavy atom. The van der Waals surface area contributed by atoms with Gasteiger partial charge in [0.25, 0.3) is 6.71 Å². The Kier molecular flexibility index (Phi) is 3.85. The molecule has 3 heterocycles. The number of hydrogen-bond donors (Lipinski definition) is 0. The fourth-order valence-corrected chi connectivity index (χ4v) is 6.84. The van der Waals surface area contributed by atoms with Crippen LogP contribution in [0.4, 0.5) is 17.1 Å². The molecule has 0 saturated heterocycles. The second kappa shape index (κ2) is 6.92. The second-order valence-electron chi connectivity index (χ2n) is 10.4. The van der Waals surface area contributed by atoms with Crippen molar-refractivity contribution in [2.45, 2.75) is 20.8 Å². The van der Waals surface area contributed by atoms with Gasteiger partial charge in [-0.3, -0.25) is 0 Å². The largest absolute Gasteiger partial charge is 0.311 e. The van der Waals surface area contributed by atoms with Crippen molar-refractivity contribution in [1.29, 1.82) is 0 Å². The van der Waals surface area contributed by atoms with E-state index in [1.165, 1.54) is 77.6 Å². The quantitative estimate of drug-likeness (QED) is 0.260. The first-order valence-corrected chi connectivity index (χ1v) is 12.8. The van der Waals surface area contributed by atoms with Crippen molar-refractivity contribution in [2.24, 2.45) is 0 Å². The summed E-state index contributed by atoms with van der Waals surface area (Å²) in [6.45, 7) is 6.96. The van der Waals surface area contributed by atoms with Gasteiger partial charge in [-0.05, 0) is 79.1 Å². The Balaban J connectivity index is 1.61. The SMILES string of the molecule is Cc1ccc2c3ccc(C)c4c3n(c2c1)-c1cccc2c1B4c1c(C)cccc1N2c1ccccc1. The van der Waals surface area contributed by atoms with Crippen LogP contribution in [-0.4, -0.2) is 11.3 Å². The van der Waals surface area contributed by atoms with Crippen molar-refractivity contribution in [3.63, 3.8) is 0 Å². The molecule has 0 fully saturated rings. The molecule has 0 spiro atoms. The minimum Gasteiger partial charge on any atom is -0.311 e. The molecule has 0 saturated carbocycles. The maximum Gasteiger partial charge on any atom is 0.252 e. The number of aryl methyl sites for hydroxylation is 3. The van der Waals surface area contributed by atoms with E-state index in [9.17, 15) is 0 Å². The van der Waals surface area contributed by atoms with Crippen molar-refractivity contribution in [3.8, 4) is 5.69 Å². The van der Waals surface area contributed by atoms with Gasteiger partial charge in [0.2, 0.25) is 0 Å². The number of aromatic nitrogens is 1. The summed E-state index contributed by atoms with van der Waals surface area (Å²) < 4.78 is 2.54. The van der Waals surface area contributed by atoms with Crippen LogP contribution in [0.2, 0.25) is 0 Å². The zero-order chi connectivity index (χ0) is 24.1. The predicted octanol–water partition coefficient (Wildman–Crippen LogP) is 6.32. The van der Waals surface area contributed by atoms with E-state index in [0.717, 1.165) is 0 Å². The van der Waals surface area contributed by atoms with E-state index in [1.807, 2.05) is 0 Å². The average Bonchev–Trinajstić information content (AvgIpc) is 3.22. The number of hydrogen-bond acceptors (Lipinski definition) is 1. The molecule has 0 unspecified atom stereocenters. The smallest absolute Gasteiger partial charge is 0.252 e. The summed E-state index contributed by atoms with van der Waals surface area (Å²) >= 11 is 0. The van der Waals surface area contributed by atoms with E-state index in [2.05, 4.69) is 127 Å². The first-order chi connectivity index (χ1) is 17.6. The number of fused-ring (bicyclic) bond motifs is 7. The van der Waals surface area contributed by atoms with Gasteiger partial charge in [-0.15, -0.1) is 0 Å². The summed E-state index contributed by atoms with van der Waals surface area (Å²) in [5, 5.41) is 2.68. The summed E-state index contributed by atoms with van der Waals surface area (Å²) in [4.78, 5) is 2.47. The lowest BCUT2D eigenvalue weighted by molar-refractivity contribution is 1.17. The summed E-state index contributed by atoms with van der Waals surface area (Å²) in [5.41, 5.74) is 16.0. The van der Waals surface area contributed by atoms with Crippen molar-refractivity contribution in [3.05, 3.63) is 114 Å². The maximum absolute atomic E-state index is 2.54. The van der Waals surface area contributed by atoms with Crippen LogP contribution >= 0.6 is 0 Å². The van der Waals surface area contributed by atoms with Gasteiger partial charge in [-0.25, -0.2) is 0 Å². The standard InChI is InChI=1S/C33H25BN2/c1-20-15-17-24-25-18-16-22(3)31-33(25)36(29(24)19-20)28-14-8-13-27-32(28)34(31)30-21(2)9-7-12-26(30)35(27)23-10-5-4-6-11-23/h4-19H,1-3H3. The molecule has 2 aliphatic heterocycles. The van der Waals surface area contributed by atoms with Crippen molar-refractivity contribution >= 4 is 62.0 Å². The Labute approximate surface area is 211 Å². The summed E-state index contributed by atoms with van der Waals surface area (Å²) in [5.74, 6) is 0. The minimum atomic E-state index is 0.203. The van der Waals surface area contributed by atoms with Crippen LogP contribution < -0.4 is 21.3 Å². The third-order valence-corrected chi connectivity index (χ3v) is 8.31. The molecule has 0 amide bonds. The number of nitrogens with zero attached hydrogens (tertiary/aromatic N) is 2. The molecule has 0 atom stereocenters. The number of anilines is 3. The maximum atomic E-state index is 2.54. The molecule has 5 aromatic carbocycles. The molecule has 6 aromatic rings. The van der Waals surface area contributed by atoms with Crippen LogP contribution in [0.25, 0.3) is 27.5 Å². The van der Waals surface area contributed by atoms with Gasteiger partial charge < -0.3 is 9.47 Å². The highest BCUT2D eigenvalue weighted by Crippen LogP contribution is 2.41. The Bertz CT molecular complexity index is 1880. The topological polar surface area (TPSA) is 8.17 Å². The van der Waals surface area contributed by atoms with Gasteiger partial charge in [-0.2, -0.15) is 0 Å². The van der Waals surface area contributed by atoms with Crippen molar-refractivity contribution in [2.75, 3.05) is 4.90 Å². The van der Waals surface area contributed by atoms with Gasteiger partial charge in [0.1, 0.15) is 0 Å². The van der Waals surface area contributed by atoms with Crippen LogP contribution in [0.15, 0.2) is 97.1 Å². The average molecular weight is 460 g/mol. The van der Waals surface area contributed by atoms with Crippen LogP contribution in [0.5, 0.6) is 0 Å². The van der Waals surface area contributed by atoms with Gasteiger partial charge in [0.15, 0.2) is 0 Å². The fourth-order valence-electron chi connectivity index (χ4n) is 6.84. The van der Waals surface area contributed by atoms with E-state index in [1.54, 1.807) is 0 Å². The third kappa shape index (κ3) is 2.38. The fraction of sp³-hybridized carbons (Fsp3) is 0.0909. The monoisotopic (exact) mass is 460 g/mol. The molecule has 2 nitrogen and oxygen atoms in total. The molecule has 1 aromatic heterocycles. The van der Waals surface area contributed by atoms with Crippen molar-refractivity contribution in [1.82, 2.24) is 4.57 Å². The van der Waals surface area contributed by atoms with Gasteiger partial charge >= 0.3 is 0 Å². The highest BCUT2D eigenvalue weighted by Gasteiger charge is 2.43. The minimum absolute atomic E-state index is 0.203. The molecule has 170 valence electrons. The number of para-hydroxylation sites is 1. The van der Waals surface area contributed by atoms with Crippen LogP contribution in [0.3, 0.4) is 0 Å². The predicted molar refractivity (Wildman–Crippen MR) is 154 cm³/mol. The molecule has 36 heavy (non-hydrogen) atoms. The summed E-state index contributed by atoms with van der Waals surface area (Å²) in [6.07, 6.45) is 0. The Morgan fingerprint density at radius 3 is 2.08 bits per heavy atom. The molecule has 0 bridgehead atoms. The van der Waals surface area contributed by atoms with Crippen LogP contribution in [0, 0.1) is 20.8 Å². The summed E-state index contributed by atoms with van der Waals surface area (Å²) in [7, 11) is 0. The normalized spacial score (nSPS) is 13.3. The number of benzene rings is 5. The molecule has 0 N–H and O–H groups in total. The molecule has 0 aliphatic carbocycles. The highest BCUT2D eigenvalue weighted by molar-refractivity contribution is 7.00. The van der Waals surface area contributed by atoms with E-state index in [4.69, 9.17) is 0 Å². The van der Waals surface area contributed by atoms with Gasteiger partial charge in [0.05, 0.1) is 5.52 Å². The Hall–Kier alpha value is -4.24. The van der Waals surface area contributed by atoms with E-state index in [-0.39, 0.29) is 6.71 Å². The molecule has 0 radical (unpaired) electrons. The molecular weight excluding hydrogens is 435 g/mol. The zero-order valence-electron chi connectivity index (χ0n) is 20.7. The lowest BCUT2D eigenvalue weighted by atomic mass is 9.32. The number of rotatable bonds is 1. The lowest BCUT2D eigenvalue weighted by Gasteiger charge is -2.41. The molecular formula is C33H25BN2. The lowest BCUT2D eigenvalue weighted by Crippen LogP contribution is -2.61. The molecule has 8 rings (SSSR count). The van der Waals surface area contributed by atoms with Crippen molar-refractivity contribution < 1.29 is 0 Å². The first kappa shape index (κ1) is 20.0. The zero-order valence-corrected chi connectivity index (χ0v) is 20.7. The van der Waals surface area contributed by atoms with E-state index < -0.39 is 0 Å². The third-order valence-electron chi connectivity index (χ3n) is 8.31. The van der Waals surface area contributed by atoms with Crippen LogP contribution in [0.1, 0.15) is 16.7 Å². The first-order valence-electron chi connectivity index (χ1n) is 12.8. The summed E-state index contributed by atoms with van der Waals surface area (Å²) in [6, 6.07) is 36.0. The highest BCUT2D eigenvalue weighted by atomic mass is 15.2.